The van der Waals surface area contributed by atoms with Crippen LogP contribution in [0.1, 0.15) is 26.7 Å². The van der Waals surface area contributed by atoms with Crippen LogP contribution in [0.25, 0.3) is 0 Å². The van der Waals surface area contributed by atoms with E-state index in [1.807, 2.05) is 24.3 Å². The summed E-state index contributed by atoms with van der Waals surface area (Å²) in [5, 5.41) is 0.0827. The Labute approximate surface area is 114 Å². The summed E-state index contributed by atoms with van der Waals surface area (Å²) < 4.78 is 13.5. The fraction of sp³-hybridized carbons (Fsp3) is 0.538. The van der Waals surface area contributed by atoms with Crippen molar-refractivity contribution in [1.29, 1.82) is 0 Å². The molecule has 0 heterocycles. The van der Waals surface area contributed by atoms with E-state index >= 15 is 0 Å². The van der Waals surface area contributed by atoms with Crippen LogP contribution >= 0.6 is 15.9 Å². The van der Waals surface area contributed by atoms with E-state index in [1.54, 1.807) is 0 Å². The maximum Gasteiger partial charge on any atom is 0.0577 e. The van der Waals surface area contributed by atoms with Gasteiger partial charge in [0.1, 0.15) is 0 Å². The molecule has 2 N–H and O–H groups in total. The van der Waals surface area contributed by atoms with E-state index in [0.29, 0.717) is 0 Å². The highest BCUT2D eigenvalue weighted by Crippen LogP contribution is 2.39. The van der Waals surface area contributed by atoms with E-state index in [0.717, 1.165) is 22.2 Å². The molecule has 0 spiro atoms. The lowest BCUT2D eigenvalue weighted by molar-refractivity contribution is 0.334. The number of hydrogen-bond acceptors (Lipinski definition) is 2. The Hall–Kier alpha value is -0.190. The van der Waals surface area contributed by atoms with Crippen LogP contribution in [-0.4, -0.2) is 15.5 Å². The summed E-state index contributed by atoms with van der Waals surface area (Å²) in [5.41, 5.74) is 6.33. The summed E-state index contributed by atoms with van der Waals surface area (Å²) in [6.07, 6.45) is 2.01. The highest BCUT2D eigenvalue weighted by Gasteiger charge is 2.42. The molecule has 1 aliphatic carbocycles. The molecule has 1 aromatic carbocycles. The first-order valence-corrected chi connectivity index (χ1v) is 7.84. The van der Waals surface area contributed by atoms with Crippen LogP contribution in [0.15, 0.2) is 33.6 Å². The minimum Gasteiger partial charge on any atom is -0.326 e. The fourth-order valence-corrected chi connectivity index (χ4v) is 4.69. The number of rotatable bonds is 2. The highest BCUT2D eigenvalue weighted by molar-refractivity contribution is 9.10. The van der Waals surface area contributed by atoms with Gasteiger partial charge in [-0.2, -0.15) is 0 Å². The summed E-state index contributed by atoms with van der Waals surface area (Å²) >= 11 is 3.41. The Morgan fingerprint density at radius 1 is 1.47 bits per heavy atom. The summed E-state index contributed by atoms with van der Waals surface area (Å²) in [7, 11) is -1.00. The minimum atomic E-state index is -1.00. The molecular weight excluding hydrogens is 298 g/mol. The molecule has 0 aromatic heterocycles. The average Bonchev–Trinajstić information content (AvgIpc) is 2.54. The Morgan fingerprint density at radius 2 is 2.18 bits per heavy atom. The van der Waals surface area contributed by atoms with E-state index in [1.165, 1.54) is 0 Å². The Balaban J connectivity index is 2.22. The fourth-order valence-electron chi connectivity index (χ4n) is 2.37. The zero-order chi connectivity index (χ0) is 12.6. The van der Waals surface area contributed by atoms with Crippen molar-refractivity contribution in [2.45, 2.75) is 42.9 Å². The van der Waals surface area contributed by atoms with E-state index in [-0.39, 0.29) is 16.7 Å². The van der Waals surface area contributed by atoms with Gasteiger partial charge >= 0.3 is 0 Å². The average molecular weight is 316 g/mol. The maximum atomic E-state index is 12.5. The van der Waals surface area contributed by atoms with Crippen molar-refractivity contribution in [1.82, 2.24) is 0 Å². The molecule has 2 nitrogen and oxygen atoms in total. The lowest BCUT2D eigenvalue weighted by atomic mass is 9.88. The molecule has 0 bridgehead atoms. The zero-order valence-electron chi connectivity index (χ0n) is 10.2. The molecule has 1 aromatic rings. The summed E-state index contributed by atoms with van der Waals surface area (Å²) in [6.45, 7) is 4.32. The number of nitrogens with two attached hydrogens (primary N) is 1. The van der Waals surface area contributed by atoms with Gasteiger partial charge < -0.3 is 5.73 Å². The van der Waals surface area contributed by atoms with Gasteiger partial charge in [0.05, 0.1) is 16.0 Å². The largest absolute Gasteiger partial charge is 0.326 e. The van der Waals surface area contributed by atoms with Crippen molar-refractivity contribution in [2.24, 2.45) is 11.1 Å². The van der Waals surface area contributed by atoms with Crippen LogP contribution in [0.3, 0.4) is 0 Å². The molecule has 17 heavy (non-hydrogen) atoms. The predicted molar refractivity (Wildman–Crippen MR) is 75.3 cm³/mol. The molecule has 1 aliphatic rings. The van der Waals surface area contributed by atoms with Gasteiger partial charge in [0.25, 0.3) is 0 Å². The Kier molecular flexibility index (Phi) is 3.76. The van der Waals surface area contributed by atoms with Crippen molar-refractivity contribution < 1.29 is 4.21 Å². The van der Waals surface area contributed by atoms with Crippen molar-refractivity contribution >= 4 is 26.7 Å². The molecule has 0 amide bonds. The van der Waals surface area contributed by atoms with Crippen molar-refractivity contribution in [3.8, 4) is 0 Å². The van der Waals surface area contributed by atoms with Crippen LogP contribution in [0, 0.1) is 5.41 Å². The van der Waals surface area contributed by atoms with Crippen LogP contribution < -0.4 is 5.73 Å². The first kappa shape index (κ1) is 13.2. The number of hydrogen-bond donors (Lipinski definition) is 1. The lowest BCUT2D eigenvalue weighted by Crippen LogP contribution is -2.41. The van der Waals surface area contributed by atoms with Crippen LogP contribution in [0.2, 0.25) is 0 Å². The van der Waals surface area contributed by atoms with E-state index in [9.17, 15) is 4.21 Å². The van der Waals surface area contributed by atoms with Gasteiger partial charge in [-0.1, -0.05) is 35.8 Å². The van der Waals surface area contributed by atoms with Crippen LogP contribution in [-0.2, 0) is 10.8 Å². The smallest absolute Gasteiger partial charge is 0.0577 e. The summed E-state index contributed by atoms with van der Waals surface area (Å²) in [5.74, 6) is 0. The molecule has 2 rings (SSSR count). The molecule has 0 saturated heterocycles. The monoisotopic (exact) mass is 315 g/mol. The molecule has 0 aliphatic heterocycles. The quantitative estimate of drug-likeness (QED) is 0.911. The molecule has 1 fully saturated rings. The molecule has 4 heteroatoms. The maximum absolute atomic E-state index is 12.5. The zero-order valence-corrected chi connectivity index (χ0v) is 12.6. The van der Waals surface area contributed by atoms with E-state index < -0.39 is 10.8 Å². The molecule has 3 unspecified atom stereocenters. The lowest BCUT2D eigenvalue weighted by Gasteiger charge is -2.26. The first-order valence-electron chi connectivity index (χ1n) is 5.83. The predicted octanol–water partition coefficient (Wildman–Crippen LogP) is 3.07. The summed E-state index contributed by atoms with van der Waals surface area (Å²) in [4.78, 5) is 0.873. The third-order valence-electron chi connectivity index (χ3n) is 3.68. The second-order valence-corrected chi connectivity index (χ2v) is 7.93. The standard InChI is InChI=1S/C13H18BrNOS/c1-13(2)7-6-11(12(13)15)17(16)10-5-3-4-9(14)8-10/h3-5,8,11-12H,6-7,15H2,1-2H3. The van der Waals surface area contributed by atoms with Gasteiger partial charge in [-0.3, -0.25) is 4.21 Å². The van der Waals surface area contributed by atoms with Gasteiger partial charge in [-0.15, -0.1) is 0 Å². The molecule has 1 saturated carbocycles. The number of benzene rings is 1. The third kappa shape index (κ3) is 2.64. The van der Waals surface area contributed by atoms with Crippen LogP contribution in [0.4, 0.5) is 0 Å². The third-order valence-corrected chi connectivity index (χ3v) is 5.97. The van der Waals surface area contributed by atoms with E-state index in [2.05, 4.69) is 29.8 Å². The summed E-state index contributed by atoms with van der Waals surface area (Å²) in [6, 6.07) is 7.72. The molecular formula is C13H18BrNOS. The van der Waals surface area contributed by atoms with Crippen molar-refractivity contribution in [3.63, 3.8) is 0 Å². The van der Waals surface area contributed by atoms with Crippen LogP contribution in [0.5, 0.6) is 0 Å². The topological polar surface area (TPSA) is 43.1 Å². The second kappa shape index (κ2) is 4.82. The van der Waals surface area contributed by atoms with Gasteiger partial charge in [0.15, 0.2) is 0 Å². The van der Waals surface area contributed by atoms with Crippen molar-refractivity contribution in [3.05, 3.63) is 28.7 Å². The van der Waals surface area contributed by atoms with Gasteiger partial charge in [0, 0.05) is 15.4 Å². The Bertz CT molecular complexity index is 447. The van der Waals surface area contributed by atoms with Gasteiger partial charge in [-0.05, 0) is 36.5 Å². The normalized spacial score (nSPS) is 29.2. The first-order chi connectivity index (χ1) is 7.92. The van der Waals surface area contributed by atoms with Gasteiger partial charge in [0.2, 0.25) is 0 Å². The second-order valence-electron chi connectivity index (χ2n) is 5.35. The SMILES string of the molecule is CC1(C)CCC(S(=O)c2cccc(Br)c2)C1N. The Morgan fingerprint density at radius 3 is 2.71 bits per heavy atom. The number of halogens is 1. The molecule has 0 radical (unpaired) electrons. The molecule has 3 atom stereocenters. The highest BCUT2D eigenvalue weighted by atomic mass is 79.9. The van der Waals surface area contributed by atoms with Crippen molar-refractivity contribution in [2.75, 3.05) is 0 Å². The minimum absolute atomic E-state index is 0.0160. The van der Waals surface area contributed by atoms with E-state index in [4.69, 9.17) is 5.73 Å². The molecule has 94 valence electrons. The van der Waals surface area contributed by atoms with Gasteiger partial charge in [-0.25, -0.2) is 0 Å².